The Hall–Kier alpha value is -1.39. The van der Waals surface area contributed by atoms with Crippen LogP contribution in [0.2, 0.25) is 0 Å². The number of ether oxygens (including phenoxy) is 1. The van der Waals surface area contributed by atoms with Gasteiger partial charge in [0.1, 0.15) is 0 Å². The predicted molar refractivity (Wildman–Crippen MR) is 43.9 cm³/mol. The lowest BCUT2D eigenvalue weighted by Gasteiger charge is -2.09. The van der Waals surface area contributed by atoms with Crippen molar-refractivity contribution in [1.29, 1.82) is 10.8 Å². The van der Waals surface area contributed by atoms with Crippen LogP contribution in [0.15, 0.2) is 0 Å². The molecule has 5 heteroatoms. The van der Waals surface area contributed by atoms with E-state index in [1.165, 1.54) is 6.92 Å². The third-order valence-corrected chi connectivity index (χ3v) is 1.18. The zero-order chi connectivity index (χ0) is 9.56. The Morgan fingerprint density at radius 2 is 2.33 bits per heavy atom. The van der Waals surface area contributed by atoms with Gasteiger partial charge in [0, 0.05) is 6.42 Å². The van der Waals surface area contributed by atoms with Crippen molar-refractivity contribution in [2.24, 2.45) is 0 Å². The fraction of sp³-hybridized carbons (Fsp3) is 0.571. The van der Waals surface area contributed by atoms with Gasteiger partial charge in [0.15, 0.2) is 12.0 Å². The lowest BCUT2D eigenvalue weighted by molar-refractivity contribution is -0.144. The molecule has 1 atom stereocenters. The number of carboxylic acid groups (broad SMARTS) is 1. The average Bonchev–Trinajstić information content (AvgIpc) is 2.00. The van der Waals surface area contributed by atoms with Gasteiger partial charge in [-0.2, -0.15) is 0 Å². The molecule has 68 valence electrons. The summed E-state index contributed by atoms with van der Waals surface area (Å²) in [7, 11) is 0. The molecule has 0 radical (unpaired) electrons. The molecule has 0 rings (SSSR count). The second-order valence-electron chi connectivity index (χ2n) is 2.26. The zero-order valence-electron chi connectivity index (χ0n) is 6.83. The normalized spacial score (nSPS) is 11.8. The quantitative estimate of drug-likeness (QED) is 0.424. The lowest BCUT2D eigenvalue weighted by Crippen LogP contribution is -2.23. The van der Waals surface area contributed by atoms with Crippen LogP contribution in [-0.4, -0.2) is 29.3 Å². The van der Waals surface area contributed by atoms with Crippen molar-refractivity contribution in [2.45, 2.75) is 25.9 Å². The van der Waals surface area contributed by atoms with E-state index in [4.69, 9.17) is 20.7 Å². The standard InChI is InChI=1S/C7H12N2O3/c1-5(7(10)11)12-6(9)3-2-4-8/h4-5,8-9H,2-3H2,1H3,(H,10,11). The molecule has 12 heavy (non-hydrogen) atoms. The maximum absolute atomic E-state index is 10.2. The van der Waals surface area contributed by atoms with Crippen LogP contribution >= 0.6 is 0 Å². The Labute approximate surface area is 70.4 Å². The average molecular weight is 172 g/mol. The highest BCUT2D eigenvalue weighted by Crippen LogP contribution is 1.96. The minimum atomic E-state index is -1.09. The number of carbonyl (C=O) groups is 1. The maximum Gasteiger partial charge on any atom is 0.344 e. The number of rotatable bonds is 5. The number of hydrogen-bond donors (Lipinski definition) is 3. The molecule has 0 saturated heterocycles. The molecule has 0 aliphatic carbocycles. The van der Waals surface area contributed by atoms with Gasteiger partial charge in [0.2, 0.25) is 0 Å². The summed E-state index contributed by atoms with van der Waals surface area (Å²) in [4.78, 5) is 10.2. The molecule has 0 aromatic carbocycles. The van der Waals surface area contributed by atoms with Gasteiger partial charge in [-0.3, -0.25) is 5.41 Å². The molecule has 0 aromatic rings. The molecule has 1 unspecified atom stereocenters. The van der Waals surface area contributed by atoms with E-state index >= 15 is 0 Å². The maximum atomic E-state index is 10.2. The Balaban J connectivity index is 3.68. The number of aliphatic carboxylic acids is 1. The van der Waals surface area contributed by atoms with E-state index in [0.29, 0.717) is 6.42 Å². The molecule has 0 spiro atoms. The van der Waals surface area contributed by atoms with Crippen LogP contribution in [-0.2, 0) is 9.53 Å². The van der Waals surface area contributed by atoms with Gasteiger partial charge in [-0.15, -0.1) is 0 Å². The van der Waals surface area contributed by atoms with Crippen molar-refractivity contribution in [1.82, 2.24) is 0 Å². The van der Waals surface area contributed by atoms with E-state index < -0.39 is 12.1 Å². The molecular formula is C7H12N2O3. The van der Waals surface area contributed by atoms with Crippen molar-refractivity contribution in [2.75, 3.05) is 0 Å². The summed E-state index contributed by atoms with van der Waals surface area (Å²) in [6.07, 6.45) is 0.860. The smallest absolute Gasteiger partial charge is 0.344 e. The fourth-order valence-electron chi connectivity index (χ4n) is 0.526. The first-order valence-electron chi connectivity index (χ1n) is 3.53. The van der Waals surface area contributed by atoms with Crippen LogP contribution < -0.4 is 0 Å². The predicted octanol–water partition coefficient (Wildman–Crippen LogP) is 0.883. The topological polar surface area (TPSA) is 94.2 Å². The van der Waals surface area contributed by atoms with Crippen molar-refractivity contribution < 1.29 is 14.6 Å². The Bertz CT molecular complexity index is 191. The van der Waals surface area contributed by atoms with E-state index in [2.05, 4.69) is 0 Å². The molecule has 0 heterocycles. The molecule has 0 fully saturated rings. The molecule has 0 bridgehead atoms. The summed E-state index contributed by atoms with van der Waals surface area (Å²) in [5, 5.41) is 22.2. The molecule has 3 N–H and O–H groups in total. The Kier molecular flexibility index (Phi) is 4.67. The number of nitrogens with one attached hydrogen (secondary N) is 2. The molecular weight excluding hydrogens is 160 g/mol. The van der Waals surface area contributed by atoms with E-state index in [1.54, 1.807) is 0 Å². The lowest BCUT2D eigenvalue weighted by atomic mass is 10.3. The van der Waals surface area contributed by atoms with Gasteiger partial charge < -0.3 is 15.3 Å². The summed E-state index contributed by atoms with van der Waals surface area (Å²) in [6, 6.07) is 0. The van der Waals surface area contributed by atoms with Gasteiger partial charge in [-0.25, -0.2) is 4.79 Å². The molecule has 5 nitrogen and oxygen atoms in total. The van der Waals surface area contributed by atoms with Crippen LogP contribution in [0.25, 0.3) is 0 Å². The highest BCUT2D eigenvalue weighted by Gasteiger charge is 2.13. The van der Waals surface area contributed by atoms with Gasteiger partial charge in [-0.05, 0) is 19.6 Å². The highest BCUT2D eigenvalue weighted by atomic mass is 16.5. The summed E-state index contributed by atoms with van der Waals surface area (Å²) in [5.41, 5.74) is 0. The monoisotopic (exact) mass is 172 g/mol. The summed E-state index contributed by atoms with van der Waals surface area (Å²) >= 11 is 0. The minimum Gasteiger partial charge on any atom is -0.479 e. The second-order valence-corrected chi connectivity index (χ2v) is 2.26. The SMILES string of the molecule is CC(OC(=N)CCC=N)C(=O)O. The summed E-state index contributed by atoms with van der Waals surface area (Å²) in [5.74, 6) is -1.18. The van der Waals surface area contributed by atoms with E-state index in [9.17, 15) is 4.79 Å². The first-order valence-corrected chi connectivity index (χ1v) is 3.53. The van der Waals surface area contributed by atoms with Gasteiger partial charge >= 0.3 is 5.97 Å². The largest absolute Gasteiger partial charge is 0.479 e. The Morgan fingerprint density at radius 3 is 2.75 bits per heavy atom. The van der Waals surface area contributed by atoms with Crippen molar-refractivity contribution in [3.63, 3.8) is 0 Å². The highest BCUT2D eigenvalue weighted by molar-refractivity contribution is 5.80. The third-order valence-electron chi connectivity index (χ3n) is 1.18. The van der Waals surface area contributed by atoms with Gasteiger partial charge in [0.25, 0.3) is 0 Å². The van der Waals surface area contributed by atoms with Gasteiger partial charge in [-0.1, -0.05) is 0 Å². The van der Waals surface area contributed by atoms with Crippen LogP contribution in [0.4, 0.5) is 0 Å². The van der Waals surface area contributed by atoms with Crippen molar-refractivity contribution in [3.05, 3.63) is 0 Å². The van der Waals surface area contributed by atoms with E-state index in [0.717, 1.165) is 6.21 Å². The zero-order valence-corrected chi connectivity index (χ0v) is 6.83. The van der Waals surface area contributed by atoms with E-state index in [1.807, 2.05) is 0 Å². The molecule has 0 aliphatic heterocycles. The van der Waals surface area contributed by atoms with Crippen LogP contribution in [0.3, 0.4) is 0 Å². The van der Waals surface area contributed by atoms with Crippen LogP contribution in [0, 0.1) is 10.8 Å². The summed E-state index contributed by atoms with van der Waals surface area (Å²) < 4.78 is 4.69. The van der Waals surface area contributed by atoms with Crippen molar-refractivity contribution >= 4 is 18.1 Å². The molecule has 0 aromatic heterocycles. The first-order chi connectivity index (χ1) is 5.57. The number of hydrogen-bond acceptors (Lipinski definition) is 4. The Morgan fingerprint density at radius 1 is 1.75 bits per heavy atom. The van der Waals surface area contributed by atoms with Crippen LogP contribution in [0.5, 0.6) is 0 Å². The molecule has 0 aliphatic rings. The fourth-order valence-corrected chi connectivity index (χ4v) is 0.526. The minimum absolute atomic E-state index is 0.0894. The molecule has 0 saturated carbocycles. The molecule has 0 amide bonds. The van der Waals surface area contributed by atoms with Gasteiger partial charge in [0.05, 0.1) is 0 Å². The van der Waals surface area contributed by atoms with Crippen molar-refractivity contribution in [3.8, 4) is 0 Å². The summed E-state index contributed by atoms with van der Waals surface area (Å²) in [6.45, 7) is 1.36. The number of carboxylic acids is 1. The van der Waals surface area contributed by atoms with Crippen LogP contribution in [0.1, 0.15) is 19.8 Å². The first kappa shape index (κ1) is 10.6. The third kappa shape index (κ3) is 4.43. The van der Waals surface area contributed by atoms with E-state index in [-0.39, 0.29) is 12.3 Å². The second kappa shape index (κ2) is 5.29.